The van der Waals surface area contributed by atoms with Gasteiger partial charge in [0.05, 0.1) is 0 Å². The Hall–Kier alpha value is -1.81. The Morgan fingerprint density at radius 2 is 2.16 bits per heavy atom. The molecule has 0 bridgehead atoms. The van der Waals surface area contributed by atoms with Crippen molar-refractivity contribution in [3.8, 4) is 0 Å². The fourth-order valence-corrected chi connectivity index (χ4v) is 2.11. The van der Waals surface area contributed by atoms with Gasteiger partial charge in [-0.25, -0.2) is 0 Å². The highest BCUT2D eigenvalue weighted by Gasteiger charge is 2.18. The lowest BCUT2D eigenvalue weighted by Crippen LogP contribution is -2.32. The monoisotopic (exact) mass is 260 g/mol. The Morgan fingerprint density at radius 3 is 2.84 bits per heavy atom. The van der Waals surface area contributed by atoms with Gasteiger partial charge in [0.1, 0.15) is 5.58 Å². The Kier molecular flexibility index (Phi) is 4.22. The number of aryl methyl sites for hydroxylation is 1. The molecule has 2 N–H and O–H groups in total. The van der Waals surface area contributed by atoms with Crippen molar-refractivity contribution in [2.45, 2.75) is 20.3 Å². The zero-order valence-electron chi connectivity index (χ0n) is 11.5. The minimum absolute atomic E-state index is 0.0650. The van der Waals surface area contributed by atoms with E-state index in [4.69, 9.17) is 10.2 Å². The van der Waals surface area contributed by atoms with Crippen molar-refractivity contribution in [1.29, 1.82) is 0 Å². The van der Waals surface area contributed by atoms with E-state index >= 15 is 0 Å². The summed E-state index contributed by atoms with van der Waals surface area (Å²) < 4.78 is 5.63. The quantitative estimate of drug-likeness (QED) is 0.898. The molecule has 0 unspecified atom stereocenters. The molecule has 0 saturated carbocycles. The SMILES string of the molecule is CCN(CCCN)C(=O)c1cc2cc(C)ccc2o1. The standard InChI is InChI=1S/C15H20N2O2/c1-3-17(8-4-7-16)15(18)14-10-12-9-11(2)5-6-13(12)19-14/h5-6,9-10H,3-4,7-8,16H2,1-2H3. The Labute approximate surface area is 113 Å². The van der Waals surface area contributed by atoms with Crippen molar-refractivity contribution in [1.82, 2.24) is 4.90 Å². The molecule has 19 heavy (non-hydrogen) atoms. The zero-order valence-corrected chi connectivity index (χ0v) is 11.5. The molecule has 0 atom stereocenters. The summed E-state index contributed by atoms with van der Waals surface area (Å²) in [7, 11) is 0. The van der Waals surface area contributed by atoms with Crippen LogP contribution in [0.1, 0.15) is 29.5 Å². The lowest BCUT2D eigenvalue weighted by atomic mass is 10.2. The topological polar surface area (TPSA) is 59.5 Å². The van der Waals surface area contributed by atoms with Crippen LogP contribution < -0.4 is 5.73 Å². The number of rotatable bonds is 5. The summed E-state index contributed by atoms with van der Waals surface area (Å²) in [5, 5.41) is 0.971. The van der Waals surface area contributed by atoms with Gasteiger partial charge >= 0.3 is 0 Å². The van der Waals surface area contributed by atoms with Gasteiger partial charge in [-0.05, 0) is 45.0 Å². The molecule has 1 aromatic carbocycles. The molecule has 1 aromatic heterocycles. The molecule has 1 amide bonds. The third-order valence-electron chi connectivity index (χ3n) is 3.18. The molecule has 2 aromatic rings. The molecular formula is C15H20N2O2. The van der Waals surface area contributed by atoms with E-state index in [2.05, 4.69) is 0 Å². The molecule has 0 spiro atoms. The fraction of sp³-hybridized carbons (Fsp3) is 0.400. The van der Waals surface area contributed by atoms with E-state index < -0.39 is 0 Å². The molecule has 4 heteroatoms. The summed E-state index contributed by atoms with van der Waals surface area (Å²) in [6, 6.07) is 7.71. The second-order valence-corrected chi connectivity index (χ2v) is 4.68. The van der Waals surface area contributed by atoms with Crippen LogP contribution in [-0.4, -0.2) is 30.4 Å². The summed E-state index contributed by atoms with van der Waals surface area (Å²) in [4.78, 5) is 14.1. The first-order valence-corrected chi connectivity index (χ1v) is 6.65. The molecule has 0 aliphatic carbocycles. The van der Waals surface area contributed by atoms with Gasteiger partial charge in [0.15, 0.2) is 5.76 Å². The maximum absolute atomic E-state index is 12.3. The number of furan rings is 1. The highest BCUT2D eigenvalue weighted by molar-refractivity contribution is 5.96. The average molecular weight is 260 g/mol. The molecule has 0 fully saturated rings. The number of amides is 1. The van der Waals surface area contributed by atoms with E-state index in [1.165, 1.54) is 0 Å². The van der Waals surface area contributed by atoms with Gasteiger partial charge in [-0.15, -0.1) is 0 Å². The third kappa shape index (κ3) is 2.96. The predicted molar refractivity (Wildman–Crippen MR) is 76.2 cm³/mol. The second-order valence-electron chi connectivity index (χ2n) is 4.68. The summed E-state index contributed by atoms with van der Waals surface area (Å²) in [6.45, 7) is 5.90. The first-order valence-electron chi connectivity index (χ1n) is 6.65. The van der Waals surface area contributed by atoms with Crippen molar-refractivity contribution in [2.75, 3.05) is 19.6 Å². The van der Waals surface area contributed by atoms with E-state index in [1.54, 1.807) is 4.90 Å². The number of carbonyl (C=O) groups is 1. The van der Waals surface area contributed by atoms with E-state index in [1.807, 2.05) is 38.1 Å². The molecular weight excluding hydrogens is 240 g/mol. The van der Waals surface area contributed by atoms with Gasteiger partial charge in [0.25, 0.3) is 5.91 Å². The van der Waals surface area contributed by atoms with Crippen molar-refractivity contribution in [3.63, 3.8) is 0 Å². The Morgan fingerprint density at radius 1 is 1.37 bits per heavy atom. The van der Waals surface area contributed by atoms with Crippen LogP contribution in [-0.2, 0) is 0 Å². The number of nitrogens with two attached hydrogens (primary N) is 1. The van der Waals surface area contributed by atoms with Gasteiger partial charge in [0, 0.05) is 18.5 Å². The number of benzene rings is 1. The van der Waals surface area contributed by atoms with Crippen LogP contribution in [0.4, 0.5) is 0 Å². The molecule has 102 valence electrons. The first kappa shape index (κ1) is 13.6. The third-order valence-corrected chi connectivity index (χ3v) is 3.18. The van der Waals surface area contributed by atoms with Gasteiger partial charge in [-0.2, -0.15) is 0 Å². The lowest BCUT2D eigenvalue weighted by Gasteiger charge is -2.18. The zero-order chi connectivity index (χ0) is 13.8. The number of carbonyl (C=O) groups excluding carboxylic acids is 1. The molecule has 0 saturated heterocycles. The molecule has 4 nitrogen and oxygen atoms in total. The van der Waals surface area contributed by atoms with E-state index in [0.717, 1.165) is 23.0 Å². The van der Waals surface area contributed by atoms with Crippen LogP contribution >= 0.6 is 0 Å². The number of fused-ring (bicyclic) bond motifs is 1. The summed E-state index contributed by atoms with van der Waals surface area (Å²) >= 11 is 0. The highest BCUT2D eigenvalue weighted by Crippen LogP contribution is 2.21. The maximum Gasteiger partial charge on any atom is 0.289 e. The Bertz CT molecular complexity index is 575. The van der Waals surface area contributed by atoms with Gasteiger partial charge in [-0.1, -0.05) is 11.6 Å². The van der Waals surface area contributed by atoms with Crippen LogP contribution in [0.3, 0.4) is 0 Å². The van der Waals surface area contributed by atoms with Crippen LogP contribution in [0.5, 0.6) is 0 Å². The number of hydrogen-bond acceptors (Lipinski definition) is 3. The van der Waals surface area contributed by atoms with E-state index in [0.29, 0.717) is 25.4 Å². The molecule has 0 aliphatic rings. The minimum atomic E-state index is -0.0650. The molecule has 0 radical (unpaired) electrons. The first-order chi connectivity index (χ1) is 9.15. The van der Waals surface area contributed by atoms with Crippen molar-refractivity contribution >= 4 is 16.9 Å². The largest absolute Gasteiger partial charge is 0.451 e. The minimum Gasteiger partial charge on any atom is -0.451 e. The van der Waals surface area contributed by atoms with Crippen LogP contribution in [0.15, 0.2) is 28.7 Å². The van der Waals surface area contributed by atoms with Gasteiger partial charge < -0.3 is 15.1 Å². The number of hydrogen-bond donors (Lipinski definition) is 1. The summed E-state index contributed by atoms with van der Waals surface area (Å²) in [6.07, 6.45) is 0.804. The smallest absolute Gasteiger partial charge is 0.289 e. The van der Waals surface area contributed by atoms with Gasteiger partial charge in [-0.3, -0.25) is 4.79 Å². The Balaban J connectivity index is 2.24. The van der Waals surface area contributed by atoms with Crippen LogP contribution in [0.2, 0.25) is 0 Å². The van der Waals surface area contributed by atoms with Crippen LogP contribution in [0, 0.1) is 6.92 Å². The second kappa shape index (κ2) is 5.89. The van der Waals surface area contributed by atoms with Crippen molar-refractivity contribution in [2.24, 2.45) is 5.73 Å². The maximum atomic E-state index is 12.3. The fourth-order valence-electron chi connectivity index (χ4n) is 2.11. The van der Waals surface area contributed by atoms with Crippen molar-refractivity contribution in [3.05, 3.63) is 35.6 Å². The van der Waals surface area contributed by atoms with E-state index in [9.17, 15) is 4.79 Å². The highest BCUT2D eigenvalue weighted by atomic mass is 16.3. The van der Waals surface area contributed by atoms with Crippen LogP contribution in [0.25, 0.3) is 11.0 Å². The summed E-state index contributed by atoms with van der Waals surface area (Å²) in [5.41, 5.74) is 7.40. The molecule has 0 aliphatic heterocycles. The van der Waals surface area contributed by atoms with Crippen molar-refractivity contribution < 1.29 is 9.21 Å². The van der Waals surface area contributed by atoms with Gasteiger partial charge in [0.2, 0.25) is 0 Å². The lowest BCUT2D eigenvalue weighted by molar-refractivity contribution is 0.0734. The molecule has 1 heterocycles. The average Bonchev–Trinajstić information content (AvgIpc) is 2.82. The molecule has 2 rings (SSSR count). The van der Waals surface area contributed by atoms with E-state index in [-0.39, 0.29) is 5.91 Å². The predicted octanol–water partition coefficient (Wildman–Crippen LogP) is 2.55. The number of nitrogens with zero attached hydrogens (tertiary/aromatic N) is 1. The summed E-state index contributed by atoms with van der Waals surface area (Å²) in [5.74, 6) is 0.337. The normalized spacial score (nSPS) is 10.9.